The van der Waals surface area contributed by atoms with Gasteiger partial charge in [-0.15, -0.1) is 0 Å². The second kappa shape index (κ2) is 11.0. The molecule has 0 aliphatic heterocycles. The minimum Gasteiger partial charge on any atom is -0.507 e. The molecule has 0 saturated carbocycles. The summed E-state index contributed by atoms with van der Waals surface area (Å²) in [6, 6.07) is 12.2. The lowest BCUT2D eigenvalue weighted by Gasteiger charge is -2.13. The van der Waals surface area contributed by atoms with Gasteiger partial charge >= 0.3 is 12.0 Å². The van der Waals surface area contributed by atoms with E-state index in [0.717, 1.165) is 24.3 Å². The van der Waals surface area contributed by atoms with Crippen LogP contribution in [0, 0.1) is 0 Å². The molecule has 4 rings (SSSR count). The predicted octanol–water partition coefficient (Wildman–Crippen LogP) is 3.78. The molecule has 0 spiro atoms. The van der Waals surface area contributed by atoms with Gasteiger partial charge in [-0.3, -0.25) is 9.11 Å². The van der Waals surface area contributed by atoms with E-state index in [0.29, 0.717) is 5.39 Å². The highest BCUT2D eigenvalue weighted by Crippen LogP contribution is 2.33. The van der Waals surface area contributed by atoms with Crippen LogP contribution < -0.4 is 15.4 Å². The Morgan fingerprint density at radius 2 is 1.30 bits per heavy atom. The molecule has 0 atom stereocenters. The molecule has 0 aromatic heterocycles. The van der Waals surface area contributed by atoms with Gasteiger partial charge in [0.2, 0.25) is 0 Å². The number of rotatable bonds is 8. The van der Waals surface area contributed by atoms with Crippen LogP contribution in [0.3, 0.4) is 0 Å². The Morgan fingerprint density at radius 3 is 1.85 bits per heavy atom. The van der Waals surface area contributed by atoms with Crippen LogP contribution in [0.1, 0.15) is 6.92 Å². The van der Waals surface area contributed by atoms with E-state index in [4.69, 9.17) is 9.47 Å². The van der Waals surface area contributed by atoms with Gasteiger partial charge in [0.05, 0.1) is 16.4 Å². The lowest BCUT2D eigenvalue weighted by Crippen LogP contribution is -2.19. The van der Waals surface area contributed by atoms with Crippen molar-refractivity contribution in [3.05, 3.63) is 60.7 Å². The normalized spacial score (nSPS) is 11.8. The van der Waals surface area contributed by atoms with Gasteiger partial charge in [0.15, 0.2) is 6.61 Å². The molecular formula is C25H22N2O11S2. The zero-order valence-electron chi connectivity index (χ0n) is 20.6. The first-order valence-corrected chi connectivity index (χ1v) is 14.3. The van der Waals surface area contributed by atoms with Crippen LogP contribution in [0.25, 0.3) is 21.5 Å². The third-order valence-corrected chi connectivity index (χ3v) is 7.22. The number of phenolic OH excluding ortho intramolecular Hbond substituents is 1. The quantitative estimate of drug-likeness (QED) is 0.147. The van der Waals surface area contributed by atoms with Crippen LogP contribution in [0.4, 0.5) is 16.2 Å². The van der Waals surface area contributed by atoms with E-state index in [1.165, 1.54) is 36.4 Å². The zero-order chi connectivity index (χ0) is 29.2. The third-order valence-electron chi connectivity index (χ3n) is 5.55. The molecule has 0 aliphatic rings. The van der Waals surface area contributed by atoms with E-state index in [1.807, 2.05) is 0 Å². The lowest BCUT2D eigenvalue weighted by molar-refractivity contribution is -0.145. The number of fused-ring (bicyclic) bond motifs is 2. The SMILES string of the molecule is CCOC(=O)COc1cc(S(=O)(=O)O)cc2cc(NC(=O)Nc3ccc4c(O)cc(S(=O)(=O)O)cc4c3)ccc12. The second-order valence-corrected chi connectivity index (χ2v) is 11.2. The topological polar surface area (TPSA) is 206 Å². The van der Waals surface area contributed by atoms with Gasteiger partial charge in [0, 0.05) is 34.3 Å². The Morgan fingerprint density at radius 1 is 0.775 bits per heavy atom. The predicted molar refractivity (Wildman–Crippen MR) is 144 cm³/mol. The highest BCUT2D eigenvalue weighted by atomic mass is 32.2. The first-order valence-electron chi connectivity index (χ1n) is 11.4. The van der Waals surface area contributed by atoms with Crippen molar-refractivity contribution < 1.29 is 50.1 Å². The molecule has 0 aliphatic carbocycles. The summed E-state index contributed by atoms with van der Waals surface area (Å²) in [5, 5.41) is 16.3. The van der Waals surface area contributed by atoms with Crippen LogP contribution in [-0.4, -0.2) is 56.3 Å². The lowest BCUT2D eigenvalue weighted by atomic mass is 10.1. The summed E-state index contributed by atoms with van der Waals surface area (Å²) in [4.78, 5) is 23.3. The minimum atomic E-state index is -4.64. The molecule has 0 fully saturated rings. The van der Waals surface area contributed by atoms with E-state index >= 15 is 0 Å². The fraction of sp³-hybridized carbons (Fsp3) is 0.120. The van der Waals surface area contributed by atoms with Crippen molar-refractivity contribution in [1.29, 1.82) is 0 Å². The number of nitrogens with one attached hydrogen (secondary N) is 2. The number of urea groups is 1. The number of carbonyl (C=O) groups excluding carboxylic acids is 2. The van der Waals surface area contributed by atoms with Crippen LogP contribution >= 0.6 is 0 Å². The number of esters is 1. The van der Waals surface area contributed by atoms with Crippen molar-refractivity contribution in [3.8, 4) is 11.5 Å². The Balaban J connectivity index is 1.60. The Kier molecular flexibility index (Phi) is 7.84. The summed E-state index contributed by atoms with van der Waals surface area (Å²) in [7, 11) is -9.23. The molecule has 0 bridgehead atoms. The Bertz CT molecular complexity index is 1870. The standard InChI is InChI=1S/C25H22N2O11S2/c1-2-37-24(29)13-38-23-12-19(40(34,35)36)10-15-8-17(4-6-21(15)23)27-25(30)26-16-3-5-20-14(7-16)9-18(11-22(20)28)39(31,32)33/h3-12,28H,2,13H2,1H3,(H2,26,27,30)(H,31,32,33)(H,34,35,36). The minimum absolute atomic E-state index is 0.0159. The molecule has 0 unspecified atom stereocenters. The van der Waals surface area contributed by atoms with Crippen LogP contribution in [0.2, 0.25) is 0 Å². The molecule has 0 saturated heterocycles. The molecule has 15 heteroatoms. The van der Waals surface area contributed by atoms with Gasteiger partial charge in [0.1, 0.15) is 11.5 Å². The Hall–Kier alpha value is -4.44. The first kappa shape index (κ1) is 28.6. The smallest absolute Gasteiger partial charge is 0.344 e. The Labute approximate surface area is 227 Å². The molecule has 40 heavy (non-hydrogen) atoms. The number of ether oxygens (including phenoxy) is 2. The van der Waals surface area contributed by atoms with E-state index in [9.17, 15) is 40.6 Å². The molecule has 2 amide bonds. The molecular weight excluding hydrogens is 568 g/mol. The van der Waals surface area contributed by atoms with Crippen LogP contribution in [-0.2, 0) is 29.8 Å². The van der Waals surface area contributed by atoms with Gasteiger partial charge in [0.25, 0.3) is 20.2 Å². The maximum Gasteiger partial charge on any atom is 0.344 e. The summed E-state index contributed by atoms with van der Waals surface area (Å²) in [5.41, 5.74) is 0.446. The largest absolute Gasteiger partial charge is 0.507 e. The number of anilines is 2. The maximum atomic E-state index is 12.7. The molecule has 210 valence electrons. The summed E-state index contributed by atoms with van der Waals surface area (Å²) < 4.78 is 75.6. The fourth-order valence-electron chi connectivity index (χ4n) is 3.84. The molecule has 0 heterocycles. The molecule has 5 N–H and O–H groups in total. The average Bonchev–Trinajstić information content (AvgIpc) is 2.85. The average molecular weight is 591 g/mol. The number of hydrogen-bond donors (Lipinski definition) is 5. The van der Waals surface area contributed by atoms with E-state index in [-0.39, 0.29) is 45.6 Å². The van der Waals surface area contributed by atoms with Crippen molar-refractivity contribution in [3.63, 3.8) is 0 Å². The van der Waals surface area contributed by atoms with Crippen molar-refractivity contribution in [2.24, 2.45) is 0 Å². The highest BCUT2D eigenvalue weighted by molar-refractivity contribution is 7.86. The van der Waals surface area contributed by atoms with E-state index < -0.39 is 48.6 Å². The van der Waals surface area contributed by atoms with Crippen molar-refractivity contribution >= 4 is 65.2 Å². The van der Waals surface area contributed by atoms with Gasteiger partial charge in [-0.05, 0) is 66.2 Å². The molecule has 13 nitrogen and oxygen atoms in total. The van der Waals surface area contributed by atoms with Crippen LogP contribution in [0.5, 0.6) is 11.5 Å². The van der Waals surface area contributed by atoms with Crippen LogP contribution in [0.15, 0.2) is 70.5 Å². The molecule has 4 aromatic carbocycles. The van der Waals surface area contributed by atoms with E-state index in [2.05, 4.69) is 10.6 Å². The van der Waals surface area contributed by atoms with Crippen molar-refractivity contribution in [2.75, 3.05) is 23.8 Å². The summed E-state index contributed by atoms with van der Waals surface area (Å²) in [6.45, 7) is 1.23. The number of benzene rings is 4. The monoisotopic (exact) mass is 590 g/mol. The number of phenols is 1. The highest BCUT2D eigenvalue weighted by Gasteiger charge is 2.17. The van der Waals surface area contributed by atoms with Crippen molar-refractivity contribution in [1.82, 2.24) is 0 Å². The van der Waals surface area contributed by atoms with Gasteiger partial charge in [-0.2, -0.15) is 16.8 Å². The number of carbonyl (C=O) groups is 2. The summed E-state index contributed by atoms with van der Waals surface area (Å²) >= 11 is 0. The first-order chi connectivity index (χ1) is 18.7. The number of amides is 2. The van der Waals surface area contributed by atoms with Gasteiger partial charge < -0.3 is 25.2 Å². The fourth-order valence-corrected chi connectivity index (χ4v) is 4.91. The zero-order valence-corrected chi connectivity index (χ0v) is 22.2. The van der Waals surface area contributed by atoms with Crippen molar-refractivity contribution in [2.45, 2.75) is 16.7 Å². The summed E-state index contributed by atoms with van der Waals surface area (Å²) in [6.07, 6.45) is 0. The molecule has 0 radical (unpaired) electrons. The second-order valence-electron chi connectivity index (χ2n) is 8.36. The number of hydrogen-bond acceptors (Lipinski definition) is 9. The summed E-state index contributed by atoms with van der Waals surface area (Å²) in [5.74, 6) is -1.08. The maximum absolute atomic E-state index is 12.7. The van der Waals surface area contributed by atoms with E-state index in [1.54, 1.807) is 6.92 Å². The van der Waals surface area contributed by atoms with Gasteiger partial charge in [-0.25, -0.2) is 9.59 Å². The number of aromatic hydroxyl groups is 1. The third kappa shape index (κ3) is 6.58. The van der Waals surface area contributed by atoms with Gasteiger partial charge in [-0.1, -0.05) is 0 Å². The molecule has 4 aromatic rings.